The van der Waals surface area contributed by atoms with E-state index in [-0.39, 0.29) is 0 Å². The van der Waals surface area contributed by atoms with Crippen LogP contribution in [-0.2, 0) is 19.2 Å². The van der Waals surface area contributed by atoms with Crippen LogP contribution >= 0.6 is 11.6 Å². The average Bonchev–Trinajstić information content (AvgIpc) is 3.33. The van der Waals surface area contributed by atoms with Gasteiger partial charge in [-0.05, 0) is 34.5 Å². The van der Waals surface area contributed by atoms with Crippen molar-refractivity contribution in [2.75, 3.05) is 12.2 Å². The lowest BCUT2D eigenvalue weighted by molar-refractivity contribution is -0.140. The van der Waals surface area contributed by atoms with Gasteiger partial charge in [0.15, 0.2) is 0 Å². The number of hydrogen-bond acceptors (Lipinski definition) is 5. The summed E-state index contributed by atoms with van der Waals surface area (Å²) in [6.45, 7) is 0. The van der Waals surface area contributed by atoms with Crippen LogP contribution in [-0.4, -0.2) is 29.4 Å². The number of hydroxylamine groups is 1. The van der Waals surface area contributed by atoms with E-state index in [2.05, 4.69) is 4.79 Å². The Morgan fingerprint density at radius 2 is 1.54 bits per heavy atom. The molecule has 184 valence electrons. The Bertz CT molecular complexity index is 1530. The van der Waals surface area contributed by atoms with Crippen molar-refractivity contribution in [3.05, 3.63) is 119 Å². The zero-order chi connectivity index (χ0) is 25.9. The van der Waals surface area contributed by atoms with Crippen molar-refractivity contribution in [1.82, 2.24) is 0 Å². The number of fused-ring (bicyclic) bond motifs is 1. The highest BCUT2D eigenvalue weighted by molar-refractivity contribution is 6.62. The number of hydrogen-bond donors (Lipinski definition) is 0. The van der Waals surface area contributed by atoms with Gasteiger partial charge in [0.1, 0.15) is 6.10 Å². The predicted octanol–water partition coefficient (Wildman–Crippen LogP) is 5.76. The van der Waals surface area contributed by atoms with Crippen LogP contribution in [0.5, 0.6) is 0 Å². The third kappa shape index (κ3) is 4.41. The van der Waals surface area contributed by atoms with E-state index in [1.165, 1.54) is 0 Å². The summed E-state index contributed by atoms with van der Waals surface area (Å²) in [5.41, 5.74) is 11.0. The normalized spacial score (nSPS) is 18.9. The fraction of sp³-hybridized carbons (Fsp3) is 0.138. The average molecular weight is 512 g/mol. The zero-order valence-electron chi connectivity index (χ0n) is 19.8. The summed E-state index contributed by atoms with van der Waals surface area (Å²) >= 11 is 6.58. The van der Waals surface area contributed by atoms with Gasteiger partial charge in [-0.3, -0.25) is 9.63 Å². The number of Topliss-reactive ketones (excluding diaryl/α,β-unsaturated/α-hetero) is 1. The number of esters is 1. The Kier molecular flexibility index (Phi) is 6.84. The monoisotopic (exact) mass is 511 g/mol. The summed E-state index contributed by atoms with van der Waals surface area (Å²) in [7, 11) is 1.12. The van der Waals surface area contributed by atoms with Gasteiger partial charge in [0.25, 0.3) is 5.78 Å². The molecule has 1 fully saturated rings. The van der Waals surface area contributed by atoms with Crippen molar-refractivity contribution in [1.29, 1.82) is 0 Å². The van der Waals surface area contributed by atoms with E-state index < -0.39 is 35.5 Å². The molecule has 1 aliphatic heterocycles. The molecule has 4 aromatic rings. The molecule has 37 heavy (non-hydrogen) atoms. The largest absolute Gasteiger partial charge is 0.460 e. The van der Waals surface area contributed by atoms with Crippen molar-refractivity contribution in [2.45, 2.75) is 12.1 Å². The molecule has 0 aromatic heterocycles. The van der Waals surface area contributed by atoms with Gasteiger partial charge in [-0.2, -0.15) is 4.79 Å². The van der Waals surface area contributed by atoms with Gasteiger partial charge >= 0.3 is 11.7 Å². The van der Waals surface area contributed by atoms with Gasteiger partial charge in [0, 0.05) is 10.6 Å². The standard InChI is InChI=1S/C29H22ClN3O4/c1-36-29(35)25(32-31)27(34)24-26(21-16-9-11-18-10-5-6-14-20(18)21)33(19-12-3-2-4-13-19)37-28(24)22-15-7-8-17-23(22)30/h2-17,24,26,28H,1H3/t24-,26+,28-/m1/s1. The number of nitrogens with zero attached hydrogens (tertiary/aromatic N) is 3. The molecule has 0 bridgehead atoms. The van der Waals surface area contributed by atoms with E-state index in [0.29, 0.717) is 16.3 Å². The van der Waals surface area contributed by atoms with Crippen LogP contribution in [0.4, 0.5) is 5.69 Å². The Morgan fingerprint density at radius 1 is 0.892 bits per heavy atom. The molecule has 1 heterocycles. The molecule has 8 heteroatoms. The summed E-state index contributed by atoms with van der Waals surface area (Å²) in [6.07, 6.45) is -0.896. The number of rotatable bonds is 6. The second-order valence-electron chi connectivity index (χ2n) is 8.55. The molecule has 3 atom stereocenters. The number of ketones is 1. The fourth-order valence-corrected chi connectivity index (χ4v) is 5.11. The van der Waals surface area contributed by atoms with Gasteiger partial charge in [0.05, 0.1) is 24.8 Å². The molecule has 0 unspecified atom stereocenters. The third-order valence-corrected chi connectivity index (χ3v) is 6.87. The van der Waals surface area contributed by atoms with Gasteiger partial charge in [-0.15, -0.1) is 0 Å². The number of carbonyl (C=O) groups excluding carboxylic acids is 2. The second kappa shape index (κ2) is 10.4. The second-order valence-corrected chi connectivity index (χ2v) is 8.96. The summed E-state index contributed by atoms with van der Waals surface area (Å²) in [6, 6.07) is 29.4. The lowest BCUT2D eigenvalue weighted by atomic mass is 9.80. The van der Waals surface area contributed by atoms with Crippen molar-refractivity contribution in [2.24, 2.45) is 5.92 Å². The Labute approximate surface area is 218 Å². The summed E-state index contributed by atoms with van der Waals surface area (Å²) < 4.78 is 4.74. The van der Waals surface area contributed by atoms with E-state index in [1.807, 2.05) is 72.8 Å². The predicted molar refractivity (Wildman–Crippen MR) is 140 cm³/mol. The molecular weight excluding hydrogens is 490 g/mol. The Morgan fingerprint density at radius 3 is 2.27 bits per heavy atom. The van der Waals surface area contributed by atoms with Crippen LogP contribution in [0.3, 0.4) is 0 Å². The first-order valence-corrected chi connectivity index (χ1v) is 12.0. The topological polar surface area (TPSA) is 92.2 Å². The molecular formula is C29H22ClN3O4. The highest BCUT2D eigenvalue weighted by Gasteiger charge is 2.54. The molecule has 1 aliphatic rings. The molecule has 7 nitrogen and oxygen atoms in total. The third-order valence-electron chi connectivity index (χ3n) is 6.53. The van der Waals surface area contributed by atoms with Gasteiger partial charge < -0.3 is 10.3 Å². The van der Waals surface area contributed by atoms with Crippen LogP contribution < -0.4 is 5.06 Å². The maximum atomic E-state index is 14.0. The Balaban J connectivity index is 1.78. The number of para-hydroxylation sites is 1. The quantitative estimate of drug-likeness (QED) is 0.108. The molecule has 0 saturated carbocycles. The summed E-state index contributed by atoms with van der Waals surface area (Å²) in [4.78, 5) is 36.0. The highest BCUT2D eigenvalue weighted by atomic mass is 35.5. The minimum Gasteiger partial charge on any atom is -0.460 e. The van der Waals surface area contributed by atoms with E-state index in [1.54, 1.807) is 29.3 Å². The Hall–Kier alpha value is -4.29. The van der Waals surface area contributed by atoms with Crippen LogP contribution in [0.2, 0.25) is 5.02 Å². The first-order chi connectivity index (χ1) is 18.0. The number of benzene rings is 4. The minimum absolute atomic E-state index is 0.400. The van der Waals surface area contributed by atoms with E-state index in [4.69, 9.17) is 21.2 Å². The minimum atomic E-state index is -1.04. The number of carbonyl (C=O) groups is 2. The van der Waals surface area contributed by atoms with Crippen LogP contribution in [0.1, 0.15) is 23.3 Å². The molecule has 0 amide bonds. The van der Waals surface area contributed by atoms with Gasteiger partial charge in [0.2, 0.25) is 0 Å². The number of methoxy groups -OCH3 is 1. The maximum Gasteiger partial charge on any atom is 0.441 e. The van der Waals surface area contributed by atoms with Crippen molar-refractivity contribution in [3.63, 3.8) is 0 Å². The first kappa shape index (κ1) is 24.4. The number of halogens is 1. The van der Waals surface area contributed by atoms with Crippen LogP contribution in [0, 0.1) is 5.92 Å². The van der Waals surface area contributed by atoms with Gasteiger partial charge in [-0.1, -0.05) is 90.5 Å². The van der Waals surface area contributed by atoms with E-state index in [0.717, 1.165) is 23.4 Å². The maximum absolute atomic E-state index is 14.0. The molecule has 5 rings (SSSR count). The zero-order valence-corrected chi connectivity index (χ0v) is 20.6. The molecule has 0 N–H and O–H groups in total. The lowest BCUT2D eigenvalue weighted by Gasteiger charge is -2.27. The lowest BCUT2D eigenvalue weighted by Crippen LogP contribution is -2.37. The highest BCUT2D eigenvalue weighted by Crippen LogP contribution is 2.51. The first-order valence-electron chi connectivity index (χ1n) is 11.6. The molecule has 0 radical (unpaired) electrons. The fourth-order valence-electron chi connectivity index (χ4n) is 4.87. The molecule has 1 saturated heterocycles. The number of ether oxygens (including phenoxy) is 1. The molecule has 0 spiro atoms. The summed E-state index contributed by atoms with van der Waals surface area (Å²) in [5, 5.41) is 3.96. The smallest absolute Gasteiger partial charge is 0.441 e. The molecule has 0 aliphatic carbocycles. The van der Waals surface area contributed by atoms with Gasteiger partial charge in [-0.25, -0.2) is 9.86 Å². The molecule has 4 aromatic carbocycles. The van der Waals surface area contributed by atoms with Crippen LogP contribution in [0.15, 0.2) is 97.1 Å². The van der Waals surface area contributed by atoms with Crippen molar-refractivity contribution in [3.8, 4) is 0 Å². The summed E-state index contributed by atoms with van der Waals surface area (Å²) in [5.74, 6) is -2.79. The van der Waals surface area contributed by atoms with Crippen molar-refractivity contribution < 1.29 is 24.0 Å². The van der Waals surface area contributed by atoms with E-state index in [9.17, 15) is 15.1 Å². The van der Waals surface area contributed by atoms with Crippen LogP contribution in [0.25, 0.3) is 16.3 Å². The number of anilines is 1. The SMILES string of the molecule is COC(=O)C(=[N+]=[N-])C(=O)[C@@H]1[C@@H](c2ccccc2Cl)ON(c2ccccc2)[C@H]1c1cccc2ccccc12. The van der Waals surface area contributed by atoms with Crippen molar-refractivity contribution >= 4 is 45.5 Å². The van der Waals surface area contributed by atoms with E-state index >= 15 is 0 Å².